The van der Waals surface area contributed by atoms with Crippen LogP contribution in [0.15, 0.2) is 29.6 Å². The van der Waals surface area contributed by atoms with E-state index in [2.05, 4.69) is 44.2 Å². The third kappa shape index (κ3) is 1.10. The molecule has 0 aliphatic heterocycles. The van der Waals surface area contributed by atoms with E-state index in [0.29, 0.717) is 5.82 Å². The fourth-order valence-corrected chi connectivity index (χ4v) is 2.21. The molecule has 0 unspecified atom stereocenters. The second-order valence-corrected chi connectivity index (χ2v) is 3.87. The van der Waals surface area contributed by atoms with Crippen molar-refractivity contribution in [3.05, 3.63) is 29.6 Å². The van der Waals surface area contributed by atoms with E-state index in [4.69, 9.17) is 0 Å². The summed E-state index contributed by atoms with van der Waals surface area (Å²) in [6, 6.07) is 8.27. The van der Waals surface area contributed by atoms with Gasteiger partial charge in [0.05, 0.1) is 0 Å². The van der Waals surface area contributed by atoms with Gasteiger partial charge in [0.25, 0.3) is 0 Å². The van der Waals surface area contributed by atoms with Crippen LogP contribution >= 0.6 is 11.3 Å². The lowest BCUT2D eigenvalue weighted by atomic mass is 10.2. The number of nitrogens with one attached hydrogen (secondary N) is 1. The molecule has 68 valence electrons. The smallest absolute Gasteiger partial charge is 0.179 e. The molecule has 3 aromatic rings. The predicted octanol–water partition coefficient (Wildman–Crippen LogP) is 2.08. The lowest BCUT2D eigenvalue weighted by Gasteiger charge is -1.94. The number of aromatic nitrogens is 4. The maximum absolute atomic E-state index is 3.87. The van der Waals surface area contributed by atoms with E-state index in [1.807, 2.05) is 6.07 Å². The standard InChI is InChI=1S/C9H6N4S/c1-2-7(9-10-12-13-11-9)5-8-6(1)3-4-14-8/h1-5H,(H,10,11,12,13). The van der Waals surface area contributed by atoms with Crippen LogP contribution in [-0.2, 0) is 0 Å². The SMILES string of the molecule is c1cc2ccc(-c3nnn[nH]3)cc2s1. The number of rotatable bonds is 1. The average molecular weight is 202 g/mol. The molecule has 0 bridgehead atoms. The molecule has 0 amide bonds. The minimum atomic E-state index is 0.709. The normalized spacial score (nSPS) is 10.9. The summed E-state index contributed by atoms with van der Waals surface area (Å²) < 4.78 is 1.25. The zero-order chi connectivity index (χ0) is 9.38. The van der Waals surface area contributed by atoms with Crippen molar-refractivity contribution < 1.29 is 0 Å². The molecular weight excluding hydrogens is 196 g/mol. The summed E-state index contributed by atoms with van der Waals surface area (Å²) in [5, 5.41) is 17.0. The highest BCUT2D eigenvalue weighted by molar-refractivity contribution is 7.17. The monoisotopic (exact) mass is 202 g/mol. The predicted molar refractivity (Wildman–Crippen MR) is 55.0 cm³/mol. The van der Waals surface area contributed by atoms with Crippen molar-refractivity contribution in [2.45, 2.75) is 0 Å². The van der Waals surface area contributed by atoms with Crippen molar-refractivity contribution in [3.63, 3.8) is 0 Å². The molecule has 5 heteroatoms. The van der Waals surface area contributed by atoms with E-state index in [1.165, 1.54) is 10.1 Å². The molecule has 1 N–H and O–H groups in total. The Hall–Kier alpha value is -1.75. The lowest BCUT2D eigenvalue weighted by Crippen LogP contribution is -1.79. The second-order valence-electron chi connectivity index (χ2n) is 2.92. The number of thiophene rings is 1. The first-order chi connectivity index (χ1) is 6.93. The molecule has 4 nitrogen and oxygen atoms in total. The number of hydrogen-bond acceptors (Lipinski definition) is 4. The number of tetrazole rings is 1. The Bertz CT molecular complexity index is 555. The summed E-state index contributed by atoms with van der Waals surface area (Å²) in [6.45, 7) is 0. The molecule has 0 saturated heterocycles. The van der Waals surface area contributed by atoms with Gasteiger partial charge in [-0.15, -0.1) is 16.4 Å². The zero-order valence-corrected chi connectivity index (χ0v) is 7.95. The molecule has 0 fully saturated rings. The summed E-state index contributed by atoms with van der Waals surface area (Å²) >= 11 is 1.72. The van der Waals surface area contributed by atoms with E-state index in [0.717, 1.165) is 5.56 Å². The molecule has 1 aromatic carbocycles. The van der Waals surface area contributed by atoms with Gasteiger partial charge in [0.2, 0.25) is 0 Å². The number of benzene rings is 1. The van der Waals surface area contributed by atoms with Crippen LogP contribution in [0.5, 0.6) is 0 Å². The topological polar surface area (TPSA) is 54.5 Å². The lowest BCUT2D eigenvalue weighted by molar-refractivity contribution is 0.881. The van der Waals surface area contributed by atoms with Gasteiger partial charge < -0.3 is 0 Å². The van der Waals surface area contributed by atoms with E-state index in [9.17, 15) is 0 Å². The molecule has 2 aromatic heterocycles. The van der Waals surface area contributed by atoms with Gasteiger partial charge >= 0.3 is 0 Å². The molecule has 0 saturated carbocycles. The van der Waals surface area contributed by atoms with Crippen LogP contribution in [-0.4, -0.2) is 20.6 Å². The molecule has 0 aliphatic carbocycles. The molecular formula is C9H6N4S. The van der Waals surface area contributed by atoms with E-state index in [-0.39, 0.29) is 0 Å². The van der Waals surface area contributed by atoms with Crippen LogP contribution in [0.3, 0.4) is 0 Å². The average Bonchev–Trinajstić information content (AvgIpc) is 2.88. The van der Waals surface area contributed by atoms with Crippen molar-refractivity contribution in [1.82, 2.24) is 20.6 Å². The van der Waals surface area contributed by atoms with Crippen molar-refractivity contribution >= 4 is 21.4 Å². The third-order valence-electron chi connectivity index (χ3n) is 2.07. The van der Waals surface area contributed by atoms with Gasteiger partial charge in [-0.2, -0.15) is 0 Å². The molecule has 0 atom stereocenters. The molecule has 2 heterocycles. The van der Waals surface area contributed by atoms with Crippen LogP contribution in [0, 0.1) is 0 Å². The Morgan fingerprint density at radius 2 is 2.21 bits per heavy atom. The number of fused-ring (bicyclic) bond motifs is 1. The largest absolute Gasteiger partial charge is 0.239 e. The van der Waals surface area contributed by atoms with Gasteiger partial charge in [0, 0.05) is 10.3 Å². The highest BCUT2D eigenvalue weighted by Crippen LogP contribution is 2.25. The number of nitrogens with zero attached hydrogens (tertiary/aromatic N) is 3. The van der Waals surface area contributed by atoms with Crippen LogP contribution < -0.4 is 0 Å². The quantitative estimate of drug-likeness (QED) is 0.657. The van der Waals surface area contributed by atoms with Gasteiger partial charge in [-0.05, 0) is 33.3 Å². The van der Waals surface area contributed by atoms with Crippen molar-refractivity contribution in [2.75, 3.05) is 0 Å². The van der Waals surface area contributed by atoms with Crippen molar-refractivity contribution in [3.8, 4) is 11.4 Å². The second kappa shape index (κ2) is 2.88. The van der Waals surface area contributed by atoms with Gasteiger partial charge in [0.15, 0.2) is 5.82 Å². The van der Waals surface area contributed by atoms with Crippen molar-refractivity contribution in [2.24, 2.45) is 0 Å². The molecule has 3 rings (SSSR count). The summed E-state index contributed by atoms with van der Waals surface area (Å²) in [4.78, 5) is 0. The maximum atomic E-state index is 3.87. The van der Waals surface area contributed by atoms with E-state index < -0.39 is 0 Å². The molecule has 0 radical (unpaired) electrons. The van der Waals surface area contributed by atoms with Crippen molar-refractivity contribution in [1.29, 1.82) is 0 Å². The zero-order valence-electron chi connectivity index (χ0n) is 7.14. The highest BCUT2D eigenvalue weighted by Gasteiger charge is 2.02. The molecule has 14 heavy (non-hydrogen) atoms. The Morgan fingerprint density at radius 3 is 3.07 bits per heavy atom. The van der Waals surface area contributed by atoms with Crippen LogP contribution in [0.1, 0.15) is 0 Å². The minimum absolute atomic E-state index is 0.709. The fourth-order valence-electron chi connectivity index (χ4n) is 1.38. The van der Waals surface area contributed by atoms with Gasteiger partial charge in [0.1, 0.15) is 0 Å². The summed E-state index contributed by atoms with van der Waals surface area (Å²) in [6.07, 6.45) is 0. The Morgan fingerprint density at radius 1 is 1.21 bits per heavy atom. The van der Waals surface area contributed by atoms with Gasteiger partial charge in [-0.1, -0.05) is 12.1 Å². The van der Waals surface area contributed by atoms with Crippen LogP contribution in [0.2, 0.25) is 0 Å². The van der Waals surface area contributed by atoms with E-state index in [1.54, 1.807) is 11.3 Å². The fraction of sp³-hybridized carbons (Fsp3) is 0. The number of aromatic amines is 1. The summed E-state index contributed by atoms with van der Waals surface area (Å²) in [5.41, 5.74) is 1.02. The van der Waals surface area contributed by atoms with Gasteiger partial charge in [-0.25, -0.2) is 5.10 Å². The van der Waals surface area contributed by atoms with Crippen LogP contribution in [0.4, 0.5) is 0 Å². The maximum Gasteiger partial charge on any atom is 0.179 e. The van der Waals surface area contributed by atoms with E-state index >= 15 is 0 Å². The van der Waals surface area contributed by atoms with Crippen LogP contribution in [0.25, 0.3) is 21.5 Å². The number of hydrogen-bond donors (Lipinski definition) is 1. The Labute approximate surface area is 83.6 Å². The third-order valence-corrected chi connectivity index (χ3v) is 2.95. The highest BCUT2D eigenvalue weighted by atomic mass is 32.1. The molecule has 0 spiro atoms. The summed E-state index contributed by atoms with van der Waals surface area (Å²) in [5.74, 6) is 0.709. The Balaban J connectivity index is 2.23. The minimum Gasteiger partial charge on any atom is -0.239 e. The summed E-state index contributed by atoms with van der Waals surface area (Å²) in [7, 11) is 0. The van der Waals surface area contributed by atoms with Gasteiger partial charge in [-0.3, -0.25) is 0 Å². The first-order valence-corrected chi connectivity index (χ1v) is 5.03. The first kappa shape index (κ1) is 7.64. The molecule has 0 aliphatic rings. The first-order valence-electron chi connectivity index (χ1n) is 4.15. The Kier molecular flexibility index (Phi) is 1.57. The number of H-pyrrole nitrogens is 1.